The Bertz CT molecular complexity index is 686. The van der Waals surface area contributed by atoms with Gasteiger partial charge in [-0.3, -0.25) is 4.79 Å². The van der Waals surface area contributed by atoms with Crippen molar-refractivity contribution in [2.24, 2.45) is 0 Å². The number of hydrogen-bond donors (Lipinski definition) is 2. The summed E-state index contributed by atoms with van der Waals surface area (Å²) in [6.45, 7) is 1.42. The Hall–Kier alpha value is -2.47. The fourth-order valence-electron chi connectivity index (χ4n) is 2.27. The van der Waals surface area contributed by atoms with Crippen molar-refractivity contribution >= 4 is 5.91 Å². The molecule has 0 saturated carbocycles. The molecule has 0 fully saturated rings. The first-order valence-electron chi connectivity index (χ1n) is 7.62. The Labute approximate surface area is 139 Å². The molecule has 1 unspecified atom stereocenters. The van der Waals surface area contributed by atoms with Crippen LogP contribution in [0.1, 0.15) is 24.2 Å². The van der Waals surface area contributed by atoms with Crippen LogP contribution in [-0.2, 0) is 11.2 Å². The lowest BCUT2D eigenvalue weighted by molar-refractivity contribution is -0.123. The fraction of sp³-hybridized carbons (Fsp3) is 0.278. The number of ether oxygens (including phenoxy) is 1. The zero-order valence-electron chi connectivity index (χ0n) is 13.3. The van der Waals surface area contributed by atoms with E-state index in [9.17, 15) is 18.7 Å². The summed E-state index contributed by atoms with van der Waals surface area (Å²) >= 11 is 0. The molecule has 0 radical (unpaired) electrons. The number of aliphatic hydroxyl groups excluding tert-OH is 1. The summed E-state index contributed by atoms with van der Waals surface area (Å²) in [5.74, 6) is -1.60. The average Bonchev–Trinajstić information content (AvgIpc) is 2.58. The number of amides is 1. The molecule has 2 aromatic rings. The Morgan fingerprint density at radius 1 is 1.17 bits per heavy atom. The minimum absolute atomic E-state index is 0.247. The van der Waals surface area contributed by atoms with Gasteiger partial charge in [-0.05, 0) is 30.2 Å². The van der Waals surface area contributed by atoms with Gasteiger partial charge in [-0.25, -0.2) is 8.78 Å². The lowest BCUT2D eigenvalue weighted by atomic mass is 10.1. The normalized spacial score (nSPS) is 11.8. The smallest absolute Gasteiger partial charge is 0.258 e. The second kappa shape index (κ2) is 8.40. The summed E-state index contributed by atoms with van der Waals surface area (Å²) in [7, 11) is 0. The molecule has 0 saturated heterocycles. The number of nitrogens with one attached hydrogen (secondary N) is 1. The number of para-hydroxylation sites is 1. The van der Waals surface area contributed by atoms with Crippen LogP contribution in [0.25, 0.3) is 0 Å². The molecule has 2 rings (SSSR count). The van der Waals surface area contributed by atoms with Crippen LogP contribution >= 0.6 is 0 Å². The van der Waals surface area contributed by atoms with Gasteiger partial charge in [0.05, 0.1) is 5.56 Å². The van der Waals surface area contributed by atoms with Gasteiger partial charge in [-0.2, -0.15) is 0 Å². The second-order valence-corrected chi connectivity index (χ2v) is 5.21. The van der Waals surface area contributed by atoms with Crippen molar-refractivity contribution in [3.63, 3.8) is 0 Å². The highest BCUT2D eigenvalue weighted by molar-refractivity contribution is 5.77. The van der Waals surface area contributed by atoms with Gasteiger partial charge in [0.1, 0.15) is 23.5 Å². The first-order chi connectivity index (χ1) is 11.5. The Morgan fingerprint density at radius 3 is 2.50 bits per heavy atom. The standard InChI is InChI=1S/C18H19F2NO3/c1-2-12-6-3-4-9-16(12)24-11-17(23)21-10-15(22)18-13(19)7-5-8-14(18)20/h3-9,15,22H,2,10-11H2,1H3,(H,21,23). The maximum absolute atomic E-state index is 13.5. The van der Waals surface area contributed by atoms with E-state index in [4.69, 9.17) is 4.74 Å². The fourth-order valence-corrected chi connectivity index (χ4v) is 2.27. The van der Waals surface area contributed by atoms with Gasteiger partial charge in [0.25, 0.3) is 5.91 Å². The van der Waals surface area contributed by atoms with Gasteiger partial charge in [-0.1, -0.05) is 31.2 Å². The number of hydrogen-bond acceptors (Lipinski definition) is 3. The van der Waals surface area contributed by atoms with Crippen molar-refractivity contribution in [3.05, 3.63) is 65.2 Å². The largest absolute Gasteiger partial charge is 0.483 e. The predicted octanol–water partition coefficient (Wildman–Crippen LogP) is 2.76. The molecule has 0 aromatic heterocycles. The minimum Gasteiger partial charge on any atom is -0.483 e. The van der Waals surface area contributed by atoms with Gasteiger partial charge < -0.3 is 15.2 Å². The Balaban J connectivity index is 1.87. The van der Waals surface area contributed by atoms with E-state index in [1.165, 1.54) is 6.07 Å². The topological polar surface area (TPSA) is 58.6 Å². The number of benzene rings is 2. The number of carbonyl (C=O) groups is 1. The minimum atomic E-state index is -1.47. The van der Waals surface area contributed by atoms with Crippen LogP contribution in [0.15, 0.2) is 42.5 Å². The molecule has 0 aliphatic heterocycles. The van der Waals surface area contributed by atoms with E-state index >= 15 is 0 Å². The van der Waals surface area contributed by atoms with Crippen molar-refractivity contribution in [2.45, 2.75) is 19.4 Å². The monoisotopic (exact) mass is 335 g/mol. The van der Waals surface area contributed by atoms with Crippen LogP contribution in [0.5, 0.6) is 5.75 Å². The summed E-state index contributed by atoms with van der Waals surface area (Å²) in [5.41, 5.74) is 0.508. The van der Waals surface area contributed by atoms with Crippen LogP contribution < -0.4 is 10.1 Å². The molecule has 2 N–H and O–H groups in total. The molecular weight excluding hydrogens is 316 g/mol. The first-order valence-corrected chi connectivity index (χ1v) is 7.62. The van der Waals surface area contributed by atoms with Gasteiger partial charge in [0.2, 0.25) is 0 Å². The van der Waals surface area contributed by atoms with E-state index in [0.717, 1.165) is 24.1 Å². The van der Waals surface area contributed by atoms with Crippen molar-refractivity contribution in [2.75, 3.05) is 13.2 Å². The van der Waals surface area contributed by atoms with Crippen LogP contribution in [0, 0.1) is 11.6 Å². The summed E-state index contributed by atoms with van der Waals surface area (Å²) < 4.78 is 32.5. The van der Waals surface area contributed by atoms with Crippen molar-refractivity contribution in [1.29, 1.82) is 0 Å². The zero-order chi connectivity index (χ0) is 17.5. The molecular formula is C18H19F2NO3. The number of carbonyl (C=O) groups excluding carboxylic acids is 1. The highest BCUT2D eigenvalue weighted by atomic mass is 19.1. The number of aliphatic hydroxyl groups is 1. The molecule has 0 heterocycles. The molecule has 1 atom stereocenters. The van der Waals surface area contributed by atoms with Crippen LogP contribution in [-0.4, -0.2) is 24.2 Å². The molecule has 128 valence electrons. The van der Waals surface area contributed by atoms with Crippen LogP contribution in [0.2, 0.25) is 0 Å². The Morgan fingerprint density at radius 2 is 1.83 bits per heavy atom. The summed E-state index contributed by atoms with van der Waals surface area (Å²) in [5, 5.41) is 12.3. The highest BCUT2D eigenvalue weighted by Gasteiger charge is 2.18. The second-order valence-electron chi connectivity index (χ2n) is 5.21. The van der Waals surface area contributed by atoms with Crippen molar-refractivity contribution in [1.82, 2.24) is 5.32 Å². The van der Waals surface area contributed by atoms with E-state index in [-0.39, 0.29) is 13.2 Å². The SMILES string of the molecule is CCc1ccccc1OCC(=O)NCC(O)c1c(F)cccc1F. The zero-order valence-corrected chi connectivity index (χ0v) is 13.3. The van der Waals surface area contributed by atoms with Gasteiger partial charge >= 0.3 is 0 Å². The van der Waals surface area contributed by atoms with Gasteiger partial charge in [0, 0.05) is 6.54 Å². The quantitative estimate of drug-likeness (QED) is 0.818. The molecule has 0 bridgehead atoms. The van der Waals surface area contributed by atoms with E-state index in [1.54, 1.807) is 12.1 Å². The van der Waals surface area contributed by atoms with E-state index in [1.807, 2.05) is 19.1 Å². The van der Waals surface area contributed by atoms with Crippen LogP contribution in [0.4, 0.5) is 8.78 Å². The number of halogens is 2. The number of aryl methyl sites for hydroxylation is 1. The maximum atomic E-state index is 13.5. The third kappa shape index (κ3) is 4.52. The first kappa shape index (κ1) is 17.9. The molecule has 0 aliphatic rings. The highest BCUT2D eigenvalue weighted by Crippen LogP contribution is 2.20. The lowest BCUT2D eigenvalue weighted by Crippen LogP contribution is -2.33. The average molecular weight is 335 g/mol. The molecule has 0 aliphatic carbocycles. The molecule has 2 aromatic carbocycles. The summed E-state index contributed by atoms with van der Waals surface area (Å²) in [6.07, 6.45) is -0.707. The lowest BCUT2D eigenvalue weighted by Gasteiger charge is -2.14. The molecule has 4 nitrogen and oxygen atoms in total. The molecule has 6 heteroatoms. The summed E-state index contributed by atoms with van der Waals surface area (Å²) in [6, 6.07) is 10.6. The molecule has 0 spiro atoms. The van der Waals surface area contributed by atoms with Crippen molar-refractivity contribution < 1.29 is 23.4 Å². The van der Waals surface area contributed by atoms with E-state index < -0.39 is 29.2 Å². The Kier molecular flexibility index (Phi) is 6.26. The van der Waals surface area contributed by atoms with Gasteiger partial charge in [-0.15, -0.1) is 0 Å². The third-order valence-corrected chi connectivity index (χ3v) is 3.54. The van der Waals surface area contributed by atoms with Gasteiger partial charge in [0.15, 0.2) is 6.61 Å². The molecule has 24 heavy (non-hydrogen) atoms. The van der Waals surface area contributed by atoms with E-state index in [2.05, 4.69) is 5.32 Å². The third-order valence-electron chi connectivity index (χ3n) is 3.54. The maximum Gasteiger partial charge on any atom is 0.258 e. The number of rotatable bonds is 7. The molecule has 1 amide bonds. The van der Waals surface area contributed by atoms with Crippen molar-refractivity contribution in [3.8, 4) is 5.75 Å². The summed E-state index contributed by atoms with van der Waals surface area (Å²) in [4.78, 5) is 11.8. The van der Waals surface area contributed by atoms with Crippen LogP contribution in [0.3, 0.4) is 0 Å². The van der Waals surface area contributed by atoms with E-state index in [0.29, 0.717) is 5.75 Å². The predicted molar refractivity (Wildman–Crippen MR) is 85.6 cm³/mol.